The number of carbonyl (C=O) groups is 2. The molecular formula is C16H15NO6. The Balaban J connectivity index is 2.02. The Hall–Kier alpha value is -2.83. The monoisotopic (exact) mass is 317 g/mol. The SMILES string of the molecule is COc1ccc2cc(C(=O)N3CCCC3C(=O)O)c(=O)oc2c1. The van der Waals surface area contributed by atoms with Crippen molar-refractivity contribution in [2.45, 2.75) is 18.9 Å². The van der Waals surface area contributed by atoms with Crippen molar-refractivity contribution in [2.75, 3.05) is 13.7 Å². The number of likely N-dealkylation sites (tertiary alicyclic amines) is 1. The summed E-state index contributed by atoms with van der Waals surface area (Å²) >= 11 is 0. The van der Waals surface area contributed by atoms with Crippen molar-refractivity contribution < 1.29 is 23.8 Å². The molecule has 1 unspecified atom stereocenters. The third-order valence-corrected chi connectivity index (χ3v) is 3.97. The molecule has 23 heavy (non-hydrogen) atoms. The molecule has 0 aliphatic carbocycles. The Labute approximate surface area is 131 Å². The van der Waals surface area contributed by atoms with E-state index in [1.807, 2.05) is 0 Å². The van der Waals surface area contributed by atoms with Gasteiger partial charge < -0.3 is 19.2 Å². The largest absolute Gasteiger partial charge is 0.497 e. The van der Waals surface area contributed by atoms with Gasteiger partial charge in [0, 0.05) is 18.0 Å². The van der Waals surface area contributed by atoms with Gasteiger partial charge in [0.2, 0.25) is 0 Å². The number of methoxy groups -OCH3 is 1. The van der Waals surface area contributed by atoms with Crippen molar-refractivity contribution in [3.05, 3.63) is 40.2 Å². The predicted molar refractivity (Wildman–Crippen MR) is 80.7 cm³/mol. The van der Waals surface area contributed by atoms with Gasteiger partial charge in [0.15, 0.2) is 0 Å². The van der Waals surface area contributed by atoms with Crippen molar-refractivity contribution in [3.8, 4) is 5.75 Å². The minimum Gasteiger partial charge on any atom is -0.497 e. The molecule has 3 rings (SSSR count). The van der Waals surface area contributed by atoms with E-state index in [1.54, 1.807) is 18.2 Å². The van der Waals surface area contributed by atoms with Crippen LogP contribution in [0, 0.1) is 0 Å². The first-order valence-electron chi connectivity index (χ1n) is 7.17. The van der Waals surface area contributed by atoms with Gasteiger partial charge in [0.1, 0.15) is 22.9 Å². The summed E-state index contributed by atoms with van der Waals surface area (Å²) in [5, 5.41) is 9.74. The first-order chi connectivity index (χ1) is 11.0. The van der Waals surface area contributed by atoms with Crippen molar-refractivity contribution in [1.82, 2.24) is 4.90 Å². The Bertz CT molecular complexity index is 840. The van der Waals surface area contributed by atoms with Crippen LogP contribution in [0.3, 0.4) is 0 Å². The van der Waals surface area contributed by atoms with Crippen molar-refractivity contribution in [1.29, 1.82) is 0 Å². The number of nitrogens with zero attached hydrogens (tertiary/aromatic N) is 1. The third-order valence-electron chi connectivity index (χ3n) is 3.97. The quantitative estimate of drug-likeness (QED) is 0.861. The van der Waals surface area contributed by atoms with Gasteiger partial charge in [-0.2, -0.15) is 0 Å². The van der Waals surface area contributed by atoms with Gasteiger partial charge in [-0.15, -0.1) is 0 Å². The molecule has 0 spiro atoms. The van der Waals surface area contributed by atoms with E-state index < -0.39 is 23.5 Å². The molecule has 0 bridgehead atoms. The van der Waals surface area contributed by atoms with Crippen LogP contribution in [0.2, 0.25) is 0 Å². The third kappa shape index (κ3) is 2.65. The fraction of sp³-hybridized carbons (Fsp3) is 0.312. The number of amides is 1. The maximum Gasteiger partial charge on any atom is 0.349 e. The molecule has 1 N–H and O–H groups in total. The van der Waals surface area contributed by atoms with Gasteiger partial charge in [-0.1, -0.05) is 0 Å². The number of ether oxygens (including phenoxy) is 1. The molecular weight excluding hydrogens is 302 g/mol. The predicted octanol–water partition coefficient (Wildman–Crippen LogP) is 1.49. The molecule has 2 heterocycles. The van der Waals surface area contributed by atoms with E-state index in [4.69, 9.17) is 14.3 Å². The summed E-state index contributed by atoms with van der Waals surface area (Å²) in [5.74, 6) is -1.14. The highest BCUT2D eigenvalue weighted by Crippen LogP contribution is 2.23. The van der Waals surface area contributed by atoms with Crippen LogP contribution in [0.1, 0.15) is 23.2 Å². The van der Waals surface area contributed by atoms with E-state index in [0.717, 1.165) is 0 Å². The standard InChI is InChI=1S/C16H15NO6/c1-22-10-5-4-9-7-11(16(21)23-13(9)8-10)14(18)17-6-2-3-12(17)15(19)20/h4-5,7-8,12H,2-3,6H2,1H3,(H,19,20). The molecule has 1 fully saturated rings. The van der Waals surface area contributed by atoms with Gasteiger partial charge in [-0.25, -0.2) is 9.59 Å². The maximum atomic E-state index is 12.5. The summed E-state index contributed by atoms with van der Waals surface area (Å²) in [7, 11) is 1.50. The number of benzene rings is 1. The Morgan fingerprint density at radius 3 is 2.83 bits per heavy atom. The summed E-state index contributed by atoms with van der Waals surface area (Å²) in [6, 6.07) is 5.45. The van der Waals surface area contributed by atoms with Crippen molar-refractivity contribution >= 4 is 22.8 Å². The summed E-state index contributed by atoms with van der Waals surface area (Å²) < 4.78 is 10.2. The molecule has 1 amide bonds. The summed E-state index contributed by atoms with van der Waals surface area (Å²) in [6.07, 6.45) is 0.982. The van der Waals surface area contributed by atoms with Crippen molar-refractivity contribution in [2.24, 2.45) is 0 Å². The smallest absolute Gasteiger partial charge is 0.349 e. The van der Waals surface area contributed by atoms with Crippen LogP contribution in [0.15, 0.2) is 33.5 Å². The van der Waals surface area contributed by atoms with Gasteiger partial charge in [0.25, 0.3) is 5.91 Å². The topological polar surface area (TPSA) is 97.0 Å². The van der Waals surface area contributed by atoms with E-state index in [2.05, 4.69) is 0 Å². The van der Waals surface area contributed by atoms with Crippen LogP contribution in [-0.4, -0.2) is 41.6 Å². The lowest BCUT2D eigenvalue weighted by molar-refractivity contribution is -0.141. The summed E-state index contributed by atoms with van der Waals surface area (Å²) in [5.41, 5.74) is -0.635. The number of carboxylic acid groups (broad SMARTS) is 1. The number of aliphatic carboxylic acids is 1. The second-order valence-electron chi connectivity index (χ2n) is 5.35. The van der Waals surface area contributed by atoms with Gasteiger partial charge >= 0.3 is 11.6 Å². The van der Waals surface area contributed by atoms with Crippen LogP contribution in [0.25, 0.3) is 11.0 Å². The molecule has 1 aliphatic heterocycles. The minimum atomic E-state index is -1.06. The van der Waals surface area contributed by atoms with Crippen LogP contribution in [-0.2, 0) is 4.79 Å². The second-order valence-corrected chi connectivity index (χ2v) is 5.35. The minimum absolute atomic E-state index is 0.157. The zero-order chi connectivity index (χ0) is 16.6. The van der Waals surface area contributed by atoms with Gasteiger partial charge in [-0.3, -0.25) is 4.79 Å². The molecule has 0 saturated carbocycles. The molecule has 120 valence electrons. The molecule has 1 aliphatic rings. The van der Waals surface area contributed by atoms with Gasteiger partial charge in [0.05, 0.1) is 7.11 Å². The lowest BCUT2D eigenvalue weighted by Crippen LogP contribution is -2.41. The average Bonchev–Trinajstić information content (AvgIpc) is 3.02. The number of fused-ring (bicyclic) bond motifs is 1. The molecule has 1 aromatic heterocycles. The highest BCUT2D eigenvalue weighted by atomic mass is 16.5. The van der Waals surface area contributed by atoms with Crippen molar-refractivity contribution in [3.63, 3.8) is 0 Å². The molecule has 1 aromatic carbocycles. The Kier molecular flexibility index (Phi) is 3.77. The van der Waals surface area contributed by atoms with E-state index in [0.29, 0.717) is 36.1 Å². The number of hydrogen-bond donors (Lipinski definition) is 1. The van der Waals surface area contributed by atoms with Crippen LogP contribution < -0.4 is 10.4 Å². The van der Waals surface area contributed by atoms with Crippen LogP contribution in [0.5, 0.6) is 5.75 Å². The second kappa shape index (κ2) is 5.75. The molecule has 1 saturated heterocycles. The van der Waals surface area contributed by atoms with E-state index in [9.17, 15) is 14.4 Å². The molecule has 7 nitrogen and oxygen atoms in total. The maximum absolute atomic E-state index is 12.5. The van der Waals surface area contributed by atoms with Gasteiger partial charge in [-0.05, 0) is 31.0 Å². The first-order valence-corrected chi connectivity index (χ1v) is 7.17. The molecule has 1 atom stereocenters. The fourth-order valence-electron chi connectivity index (χ4n) is 2.79. The first kappa shape index (κ1) is 15.1. The number of hydrogen-bond acceptors (Lipinski definition) is 5. The van der Waals surface area contributed by atoms with Crippen LogP contribution >= 0.6 is 0 Å². The lowest BCUT2D eigenvalue weighted by atomic mass is 10.1. The highest BCUT2D eigenvalue weighted by molar-refractivity contribution is 5.98. The lowest BCUT2D eigenvalue weighted by Gasteiger charge is -2.20. The van der Waals surface area contributed by atoms with E-state index in [1.165, 1.54) is 18.1 Å². The highest BCUT2D eigenvalue weighted by Gasteiger charge is 2.35. The normalized spacial score (nSPS) is 17.4. The fourth-order valence-corrected chi connectivity index (χ4v) is 2.79. The number of carbonyl (C=O) groups excluding carboxylic acids is 1. The summed E-state index contributed by atoms with van der Waals surface area (Å²) in [6.45, 7) is 0.315. The van der Waals surface area contributed by atoms with E-state index in [-0.39, 0.29) is 5.56 Å². The Morgan fingerprint density at radius 2 is 2.13 bits per heavy atom. The zero-order valence-corrected chi connectivity index (χ0v) is 12.4. The van der Waals surface area contributed by atoms with E-state index >= 15 is 0 Å². The number of carboxylic acids is 1. The zero-order valence-electron chi connectivity index (χ0n) is 12.4. The van der Waals surface area contributed by atoms with Crippen LogP contribution in [0.4, 0.5) is 0 Å². The molecule has 7 heteroatoms. The summed E-state index contributed by atoms with van der Waals surface area (Å²) in [4.78, 5) is 37.1. The Morgan fingerprint density at radius 1 is 1.35 bits per heavy atom. The number of rotatable bonds is 3. The molecule has 2 aromatic rings. The molecule has 0 radical (unpaired) electrons. The average molecular weight is 317 g/mol.